The highest BCUT2D eigenvalue weighted by Crippen LogP contribution is 2.43. The van der Waals surface area contributed by atoms with Crippen molar-refractivity contribution in [1.29, 1.82) is 0 Å². The molecule has 0 N–H and O–H groups in total. The van der Waals surface area contributed by atoms with Gasteiger partial charge in [-0.25, -0.2) is 15.0 Å². The summed E-state index contributed by atoms with van der Waals surface area (Å²) in [6, 6.07) is 63.7. The van der Waals surface area contributed by atoms with Gasteiger partial charge in [0.05, 0.1) is 16.7 Å². The van der Waals surface area contributed by atoms with Crippen LogP contribution >= 0.6 is 11.3 Å². The molecule has 0 spiro atoms. The maximum absolute atomic E-state index is 6.80. The molecule has 0 aliphatic rings. The number of hydrogen-bond acceptors (Lipinski definition) is 5. The lowest BCUT2D eigenvalue weighted by atomic mass is 9.98. The number of hydrogen-bond donors (Lipinski definition) is 0. The van der Waals surface area contributed by atoms with Crippen molar-refractivity contribution < 1.29 is 4.42 Å². The van der Waals surface area contributed by atoms with E-state index in [0.717, 1.165) is 66.5 Å². The summed E-state index contributed by atoms with van der Waals surface area (Å²) in [5.74, 6) is 1.96. The molecule has 5 nitrogen and oxygen atoms in total. The average molecular weight is 747 g/mol. The zero-order valence-corrected chi connectivity index (χ0v) is 31.2. The summed E-state index contributed by atoms with van der Waals surface area (Å²) in [5, 5.41) is 7.07. The third-order valence-electron chi connectivity index (χ3n) is 11.1. The van der Waals surface area contributed by atoms with Crippen LogP contribution in [0.15, 0.2) is 186 Å². The second-order valence-electron chi connectivity index (χ2n) is 14.4. The molecule has 8 aromatic carbocycles. The first-order chi connectivity index (χ1) is 28.2. The third-order valence-corrected chi connectivity index (χ3v) is 12.2. The molecule has 4 aromatic heterocycles. The summed E-state index contributed by atoms with van der Waals surface area (Å²) in [7, 11) is 0. The van der Waals surface area contributed by atoms with Crippen molar-refractivity contribution >= 4 is 75.3 Å². The van der Waals surface area contributed by atoms with Gasteiger partial charge in [0.15, 0.2) is 23.1 Å². The first kappa shape index (κ1) is 31.9. The molecule has 0 unspecified atom stereocenters. The molecule has 4 heterocycles. The number of aromatic nitrogens is 4. The standard InChI is InChI=1S/C51H30N4OS/c1-3-13-31(14-4-1)49-52-50(32-15-5-2-6-16-32)54-51(53-49)34-26-28-45-40(29-34)38-27-25-33(30-46(38)57-45)35-19-12-24-44-47(35)39-20-11-23-43(48(39)56-44)55-41-21-9-7-17-36(41)37-18-8-10-22-42(37)55/h1-30H. The molecule has 12 rings (SSSR count). The number of benzene rings is 8. The van der Waals surface area contributed by atoms with Gasteiger partial charge in [-0.1, -0.05) is 133 Å². The highest BCUT2D eigenvalue weighted by molar-refractivity contribution is 7.25. The van der Waals surface area contributed by atoms with E-state index < -0.39 is 0 Å². The summed E-state index contributed by atoms with van der Waals surface area (Å²) < 4.78 is 11.6. The normalized spacial score (nSPS) is 11.9. The van der Waals surface area contributed by atoms with Gasteiger partial charge in [0, 0.05) is 58.4 Å². The minimum absolute atomic E-state index is 0.652. The summed E-state index contributed by atoms with van der Waals surface area (Å²) in [6.07, 6.45) is 0. The maximum atomic E-state index is 6.80. The zero-order valence-electron chi connectivity index (χ0n) is 30.4. The molecule has 57 heavy (non-hydrogen) atoms. The van der Waals surface area contributed by atoms with E-state index in [4.69, 9.17) is 19.4 Å². The van der Waals surface area contributed by atoms with Crippen molar-refractivity contribution in [2.75, 3.05) is 0 Å². The smallest absolute Gasteiger partial charge is 0.164 e. The largest absolute Gasteiger partial charge is 0.454 e. The van der Waals surface area contributed by atoms with Gasteiger partial charge in [-0.3, -0.25) is 0 Å². The molecule has 266 valence electrons. The van der Waals surface area contributed by atoms with E-state index in [2.05, 4.69) is 126 Å². The van der Waals surface area contributed by atoms with E-state index in [1.54, 1.807) is 0 Å². The fourth-order valence-electron chi connectivity index (χ4n) is 8.45. The van der Waals surface area contributed by atoms with Crippen molar-refractivity contribution in [3.63, 3.8) is 0 Å². The highest BCUT2D eigenvalue weighted by Gasteiger charge is 2.20. The summed E-state index contributed by atoms with van der Waals surface area (Å²) in [4.78, 5) is 14.9. The Labute approximate surface area is 330 Å². The molecule has 12 aromatic rings. The van der Waals surface area contributed by atoms with Crippen LogP contribution in [0.5, 0.6) is 0 Å². The fraction of sp³-hybridized carbons (Fsp3) is 0. The van der Waals surface area contributed by atoms with E-state index in [1.807, 2.05) is 72.0 Å². The lowest BCUT2D eigenvalue weighted by molar-refractivity contribution is 0.666. The Morgan fingerprint density at radius 3 is 1.70 bits per heavy atom. The zero-order chi connectivity index (χ0) is 37.5. The van der Waals surface area contributed by atoms with Crippen molar-refractivity contribution in [3.05, 3.63) is 182 Å². The van der Waals surface area contributed by atoms with Gasteiger partial charge in [-0.2, -0.15) is 0 Å². The van der Waals surface area contributed by atoms with Gasteiger partial charge < -0.3 is 8.98 Å². The molecule has 0 saturated carbocycles. The summed E-state index contributed by atoms with van der Waals surface area (Å²) in [6.45, 7) is 0. The lowest BCUT2D eigenvalue weighted by Crippen LogP contribution is -2.00. The van der Waals surface area contributed by atoms with E-state index in [-0.39, 0.29) is 0 Å². The Hall–Kier alpha value is -7.41. The highest BCUT2D eigenvalue weighted by atomic mass is 32.1. The molecule has 0 amide bonds. The van der Waals surface area contributed by atoms with Gasteiger partial charge in [0.1, 0.15) is 5.58 Å². The van der Waals surface area contributed by atoms with Crippen molar-refractivity contribution in [2.45, 2.75) is 0 Å². The molecule has 0 aliphatic carbocycles. The molecule has 0 radical (unpaired) electrons. The van der Waals surface area contributed by atoms with E-state index >= 15 is 0 Å². The number of rotatable bonds is 5. The van der Waals surface area contributed by atoms with Crippen molar-refractivity contribution in [3.8, 4) is 51.0 Å². The van der Waals surface area contributed by atoms with Crippen LogP contribution in [0.3, 0.4) is 0 Å². The first-order valence-electron chi connectivity index (χ1n) is 19.0. The van der Waals surface area contributed by atoms with Crippen LogP contribution in [0.1, 0.15) is 0 Å². The van der Waals surface area contributed by atoms with Crippen LogP contribution in [0.2, 0.25) is 0 Å². The van der Waals surface area contributed by atoms with E-state index in [0.29, 0.717) is 17.5 Å². The molecule has 0 saturated heterocycles. The minimum Gasteiger partial charge on any atom is -0.454 e. The Balaban J connectivity index is 0.989. The Kier molecular flexibility index (Phi) is 7.03. The van der Waals surface area contributed by atoms with Gasteiger partial charge in [-0.15, -0.1) is 11.3 Å². The number of thiophene rings is 1. The van der Waals surface area contributed by atoms with Gasteiger partial charge in [0.25, 0.3) is 0 Å². The second kappa shape index (κ2) is 12.6. The van der Waals surface area contributed by atoms with Crippen LogP contribution in [0.25, 0.3) is 115 Å². The van der Waals surface area contributed by atoms with E-state index in [1.165, 1.54) is 30.9 Å². The molecule has 0 atom stereocenters. The van der Waals surface area contributed by atoms with Crippen molar-refractivity contribution in [1.82, 2.24) is 19.5 Å². The van der Waals surface area contributed by atoms with Crippen LogP contribution in [-0.4, -0.2) is 19.5 Å². The summed E-state index contributed by atoms with van der Waals surface area (Å²) >= 11 is 1.81. The molecule has 6 heteroatoms. The average Bonchev–Trinajstić information content (AvgIpc) is 3.96. The van der Waals surface area contributed by atoms with Gasteiger partial charge in [0.2, 0.25) is 0 Å². The first-order valence-corrected chi connectivity index (χ1v) is 19.8. The third kappa shape index (κ3) is 5.04. The molecule has 0 aliphatic heterocycles. The lowest BCUT2D eigenvalue weighted by Gasteiger charge is -2.09. The van der Waals surface area contributed by atoms with Crippen LogP contribution in [0, 0.1) is 0 Å². The fourth-order valence-corrected chi connectivity index (χ4v) is 9.58. The molecule has 0 bridgehead atoms. The molecule has 0 fully saturated rings. The van der Waals surface area contributed by atoms with Crippen LogP contribution in [-0.2, 0) is 0 Å². The Morgan fingerprint density at radius 2 is 1.00 bits per heavy atom. The van der Waals surface area contributed by atoms with E-state index in [9.17, 15) is 0 Å². The number of nitrogens with zero attached hydrogens (tertiary/aromatic N) is 4. The quantitative estimate of drug-likeness (QED) is 0.176. The molecular weight excluding hydrogens is 717 g/mol. The predicted octanol–water partition coefficient (Wildman–Crippen LogP) is 13.9. The predicted molar refractivity (Wildman–Crippen MR) is 236 cm³/mol. The van der Waals surface area contributed by atoms with Crippen LogP contribution < -0.4 is 0 Å². The SMILES string of the molecule is c1ccc(-c2nc(-c3ccccc3)nc(-c3ccc4sc5cc(-c6cccc7oc8c(-n9c%10ccccc%10c%10ccccc%109)cccc8c67)ccc5c4c3)n2)cc1. The number of fused-ring (bicyclic) bond motifs is 9. The number of para-hydroxylation sites is 3. The Bertz CT molecular complexity index is 3420. The maximum Gasteiger partial charge on any atom is 0.164 e. The monoisotopic (exact) mass is 746 g/mol. The summed E-state index contributed by atoms with van der Waals surface area (Å²) in [5.41, 5.74) is 10.3. The second-order valence-corrected chi connectivity index (χ2v) is 15.5. The van der Waals surface area contributed by atoms with Gasteiger partial charge >= 0.3 is 0 Å². The van der Waals surface area contributed by atoms with Crippen LogP contribution in [0.4, 0.5) is 0 Å². The number of furan rings is 1. The molecular formula is C51H30N4OS. The topological polar surface area (TPSA) is 56.7 Å². The van der Waals surface area contributed by atoms with Crippen molar-refractivity contribution in [2.24, 2.45) is 0 Å². The Morgan fingerprint density at radius 1 is 0.404 bits per heavy atom. The minimum atomic E-state index is 0.652. The van der Waals surface area contributed by atoms with Gasteiger partial charge in [-0.05, 0) is 59.7 Å².